The molecule has 0 bridgehead atoms. The van der Waals surface area contributed by atoms with Gasteiger partial charge in [-0.3, -0.25) is 9.59 Å². The Kier molecular flexibility index (Phi) is 4.87. The van der Waals surface area contributed by atoms with Gasteiger partial charge in [-0.05, 0) is 33.8 Å². The van der Waals surface area contributed by atoms with Crippen LogP contribution in [0.15, 0.2) is 6.07 Å². The number of nitrogens with one attached hydrogen (secondary N) is 1. The van der Waals surface area contributed by atoms with Crippen LogP contribution >= 0.6 is 0 Å². The van der Waals surface area contributed by atoms with Crippen LogP contribution in [0.5, 0.6) is 0 Å². The van der Waals surface area contributed by atoms with Crippen LogP contribution < -0.4 is 10.2 Å². The highest BCUT2D eigenvalue weighted by Crippen LogP contribution is 2.14. The van der Waals surface area contributed by atoms with Gasteiger partial charge in [-0.2, -0.15) is 0 Å². The molecule has 1 aliphatic heterocycles. The second-order valence-corrected chi connectivity index (χ2v) is 6.89. The van der Waals surface area contributed by atoms with E-state index in [2.05, 4.69) is 15.3 Å². The number of amides is 2. The van der Waals surface area contributed by atoms with E-state index in [9.17, 15) is 9.59 Å². The summed E-state index contributed by atoms with van der Waals surface area (Å²) in [5, 5.41) is 2.91. The molecule has 0 aliphatic carbocycles. The maximum absolute atomic E-state index is 12.3. The Morgan fingerprint density at radius 1 is 1.13 bits per heavy atom. The van der Waals surface area contributed by atoms with Crippen molar-refractivity contribution in [1.29, 1.82) is 0 Å². The molecule has 1 N–H and O–H groups in total. The normalized spacial score (nSPS) is 15.5. The number of nitrogens with zero attached hydrogens (tertiary/aromatic N) is 4. The molecular formula is C16H25N5O2. The first-order valence-electron chi connectivity index (χ1n) is 7.84. The Balaban J connectivity index is 2.15. The molecular weight excluding hydrogens is 294 g/mol. The van der Waals surface area contributed by atoms with Crippen LogP contribution in [0.2, 0.25) is 0 Å². The predicted octanol–water partition coefficient (Wildman–Crippen LogP) is 0.982. The lowest BCUT2D eigenvalue weighted by Crippen LogP contribution is -2.48. The Hall–Kier alpha value is -2.18. The first-order chi connectivity index (χ1) is 10.7. The zero-order chi connectivity index (χ0) is 17.2. The molecule has 1 saturated heterocycles. The summed E-state index contributed by atoms with van der Waals surface area (Å²) in [6, 6.07) is 1.69. The van der Waals surface area contributed by atoms with Gasteiger partial charge in [-0.25, -0.2) is 9.97 Å². The number of piperazine rings is 1. The highest BCUT2D eigenvalue weighted by Gasteiger charge is 2.23. The Morgan fingerprint density at radius 3 is 2.26 bits per heavy atom. The van der Waals surface area contributed by atoms with E-state index in [0.29, 0.717) is 37.8 Å². The zero-order valence-electron chi connectivity index (χ0n) is 14.5. The second kappa shape index (κ2) is 6.52. The van der Waals surface area contributed by atoms with Crippen molar-refractivity contribution in [2.75, 3.05) is 31.1 Å². The van der Waals surface area contributed by atoms with Gasteiger partial charge in [0.15, 0.2) is 0 Å². The van der Waals surface area contributed by atoms with E-state index in [1.807, 2.05) is 32.6 Å². The van der Waals surface area contributed by atoms with Crippen molar-refractivity contribution in [2.45, 2.75) is 40.2 Å². The summed E-state index contributed by atoms with van der Waals surface area (Å²) in [6.45, 7) is 11.9. The molecule has 1 aromatic rings. The van der Waals surface area contributed by atoms with Crippen molar-refractivity contribution < 1.29 is 9.59 Å². The van der Waals surface area contributed by atoms with Crippen LogP contribution in [-0.2, 0) is 4.79 Å². The molecule has 7 heteroatoms. The number of aryl methyl sites for hydroxylation is 1. The minimum atomic E-state index is -0.316. The topological polar surface area (TPSA) is 78.4 Å². The van der Waals surface area contributed by atoms with Crippen molar-refractivity contribution in [1.82, 2.24) is 20.2 Å². The maximum atomic E-state index is 12.3. The minimum absolute atomic E-state index is 0.0834. The van der Waals surface area contributed by atoms with E-state index in [1.54, 1.807) is 17.9 Å². The number of rotatable bonds is 2. The first-order valence-corrected chi connectivity index (χ1v) is 7.84. The largest absolute Gasteiger partial charge is 0.346 e. The first kappa shape index (κ1) is 17.2. The Bertz CT molecular complexity index is 601. The van der Waals surface area contributed by atoms with Gasteiger partial charge in [0.25, 0.3) is 5.91 Å². The van der Waals surface area contributed by atoms with Crippen LogP contribution in [0.25, 0.3) is 0 Å². The molecule has 1 aromatic heterocycles. The van der Waals surface area contributed by atoms with Gasteiger partial charge < -0.3 is 15.1 Å². The average Bonchev–Trinajstić information content (AvgIpc) is 2.45. The van der Waals surface area contributed by atoms with Crippen LogP contribution in [0.3, 0.4) is 0 Å². The van der Waals surface area contributed by atoms with Crippen molar-refractivity contribution in [2.24, 2.45) is 0 Å². The quantitative estimate of drug-likeness (QED) is 0.879. The summed E-state index contributed by atoms with van der Waals surface area (Å²) >= 11 is 0. The molecule has 7 nitrogen and oxygen atoms in total. The van der Waals surface area contributed by atoms with E-state index in [0.717, 1.165) is 5.69 Å². The van der Waals surface area contributed by atoms with Crippen LogP contribution in [0.1, 0.15) is 43.9 Å². The van der Waals surface area contributed by atoms with Crippen molar-refractivity contribution in [3.05, 3.63) is 17.5 Å². The highest BCUT2D eigenvalue weighted by atomic mass is 16.2. The van der Waals surface area contributed by atoms with E-state index in [1.165, 1.54) is 0 Å². The van der Waals surface area contributed by atoms with E-state index in [4.69, 9.17) is 0 Å². The number of hydrogen-bond donors (Lipinski definition) is 1. The molecule has 2 amide bonds. The standard InChI is InChI=1S/C16H25N5O2/c1-11-10-13(14(23)19-16(3,4)5)18-15(17-11)21-8-6-20(7-9-21)12(2)22/h10H,6-9H2,1-5H3,(H,19,23). The molecule has 0 spiro atoms. The lowest BCUT2D eigenvalue weighted by Gasteiger charge is -2.34. The predicted molar refractivity (Wildman–Crippen MR) is 88.5 cm³/mol. The van der Waals surface area contributed by atoms with Crippen molar-refractivity contribution >= 4 is 17.8 Å². The fourth-order valence-electron chi connectivity index (χ4n) is 2.44. The van der Waals surface area contributed by atoms with Gasteiger partial charge >= 0.3 is 0 Å². The number of anilines is 1. The van der Waals surface area contributed by atoms with Gasteiger partial charge in [0, 0.05) is 44.3 Å². The average molecular weight is 319 g/mol. The third kappa shape index (κ3) is 4.64. The van der Waals surface area contributed by atoms with E-state index < -0.39 is 0 Å². The summed E-state index contributed by atoms with van der Waals surface area (Å²) in [4.78, 5) is 36.4. The molecule has 0 atom stereocenters. The van der Waals surface area contributed by atoms with Crippen LogP contribution in [-0.4, -0.2) is 58.4 Å². The molecule has 1 fully saturated rings. The summed E-state index contributed by atoms with van der Waals surface area (Å²) in [5.74, 6) is 0.430. The SMILES string of the molecule is CC(=O)N1CCN(c2nc(C)cc(C(=O)NC(C)(C)C)n2)CC1. The fraction of sp³-hybridized carbons (Fsp3) is 0.625. The molecule has 126 valence electrons. The Morgan fingerprint density at radius 2 is 1.74 bits per heavy atom. The van der Waals surface area contributed by atoms with Gasteiger partial charge in [-0.15, -0.1) is 0 Å². The van der Waals surface area contributed by atoms with Crippen LogP contribution in [0, 0.1) is 6.92 Å². The molecule has 2 heterocycles. The molecule has 23 heavy (non-hydrogen) atoms. The maximum Gasteiger partial charge on any atom is 0.270 e. The third-order valence-corrected chi connectivity index (χ3v) is 3.57. The zero-order valence-corrected chi connectivity index (χ0v) is 14.5. The fourth-order valence-corrected chi connectivity index (χ4v) is 2.44. The van der Waals surface area contributed by atoms with E-state index in [-0.39, 0.29) is 17.4 Å². The lowest BCUT2D eigenvalue weighted by molar-refractivity contribution is -0.129. The number of carbonyl (C=O) groups is 2. The summed E-state index contributed by atoms with van der Waals surface area (Å²) in [6.07, 6.45) is 0. The smallest absolute Gasteiger partial charge is 0.270 e. The van der Waals surface area contributed by atoms with E-state index >= 15 is 0 Å². The summed E-state index contributed by atoms with van der Waals surface area (Å²) in [7, 11) is 0. The second-order valence-electron chi connectivity index (χ2n) is 6.89. The molecule has 0 unspecified atom stereocenters. The van der Waals surface area contributed by atoms with Gasteiger partial charge in [-0.1, -0.05) is 0 Å². The number of hydrogen-bond acceptors (Lipinski definition) is 5. The molecule has 0 aromatic carbocycles. The lowest BCUT2D eigenvalue weighted by atomic mass is 10.1. The minimum Gasteiger partial charge on any atom is -0.346 e. The number of carbonyl (C=O) groups excluding carboxylic acids is 2. The van der Waals surface area contributed by atoms with Gasteiger partial charge in [0.2, 0.25) is 11.9 Å². The summed E-state index contributed by atoms with van der Waals surface area (Å²) < 4.78 is 0. The van der Waals surface area contributed by atoms with Gasteiger partial charge in [0.05, 0.1) is 0 Å². The molecule has 1 aliphatic rings. The number of aromatic nitrogens is 2. The summed E-state index contributed by atoms with van der Waals surface area (Å²) in [5.41, 5.74) is 0.808. The Labute approximate surface area is 137 Å². The third-order valence-electron chi connectivity index (χ3n) is 3.57. The molecule has 0 saturated carbocycles. The monoisotopic (exact) mass is 319 g/mol. The molecule has 2 rings (SSSR count). The molecule has 0 radical (unpaired) electrons. The van der Waals surface area contributed by atoms with Crippen molar-refractivity contribution in [3.63, 3.8) is 0 Å². The van der Waals surface area contributed by atoms with Crippen molar-refractivity contribution in [3.8, 4) is 0 Å². The highest BCUT2D eigenvalue weighted by molar-refractivity contribution is 5.93. The van der Waals surface area contributed by atoms with Crippen LogP contribution in [0.4, 0.5) is 5.95 Å². The van der Waals surface area contributed by atoms with Gasteiger partial charge in [0.1, 0.15) is 5.69 Å².